The maximum Gasteiger partial charge on any atom is 0.227 e. The second-order valence-corrected chi connectivity index (χ2v) is 8.64. The van der Waals surface area contributed by atoms with Crippen LogP contribution in [0.1, 0.15) is 51.1 Å². The topological polar surface area (TPSA) is 69.7 Å². The van der Waals surface area contributed by atoms with Gasteiger partial charge in [0.25, 0.3) is 0 Å². The smallest absolute Gasteiger partial charge is 0.227 e. The van der Waals surface area contributed by atoms with Gasteiger partial charge in [-0.2, -0.15) is 10.1 Å². The van der Waals surface area contributed by atoms with Crippen molar-refractivity contribution in [2.75, 3.05) is 23.3 Å². The van der Waals surface area contributed by atoms with Gasteiger partial charge in [-0.3, -0.25) is 5.10 Å². The highest BCUT2D eigenvalue weighted by molar-refractivity contribution is 5.53. The number of rotatable bonds is 5. The van der Waals surface area contributed by atoms with Crippen molar-refractivity contribution in [3.05, 3.63) is 24.0 Å². The lowest BCUT2D eigenvalue weighted by Crippen LogP contribution is -2.23. The summed E-state index contributed by atoms with van der Waals surface area (Å²) in [6.07, 6.45) is 7.02. The van der Waals surface area contributed by atoms with E-state index in [2.05, 4.69) is 45.3 Å². The molecule has 6 heteroatoms. The Labute approximate surface area is 148 Å². The fourth-order valence-corrected chi connectivity index (χ4v) is 4.32. The monoisotopic (exact) mass is 338 g/mol. The summed E-state index contributed by atoms with van der Waals surface area (Å²) >= 11 is 0. The van der Waals surface area contributed by atoms with E-state index >= 15 is 0 Å². The van der Waals surface area contributed by atoms with Crippen LogP contribution in [0.25, 0.3) is 0 Å². The number of nitrogens with zero attached hydrogens (tertiary/aromatic N) is 4. The van der Waals surface area contributed by atoms with Crippen molar-refractivity contribution >= 4 is 17.6 Å². The van der Waals surface area contributed by atoms with Gasteiger partial charge in [0.1, 0.15) is 5.82 Å². The Balaban J connectivity index is 1.26. The zero-order valence-corrected chi connectivity index (χ0v) is 15.0. The number of aromatic amines is 1. The Morgan fingerprint density at radius 2 is 2.08 bits per heavy atom. The summed E-state index contributed by atoms with van der Waals surface area (Å²) in [4.78, 5) is 11.6. The van der Waals surface area contributed by atoms with Gasteiger partial charge in [-0.15, -0.1) is 0 Å². The van der Waals surface area contributed by atoms with Gasteiger partial charge in [-0.25, -0.2) is 4.98 Å². The Hall–Kier alpha value is -2.11. The average molecular weight is 338 g/mol. The summed E-state index contributed by atoms with van der Waals surface area (Å²) in [6, 6.07) is 4.01. The van der Waals surface area contributed by atoms with Gasteiger partial charge in [-0.05, 0) is 49.0 Å². The molecular formula is C19H26N6. The number of nitrogens with one attached hydrogen (secondary N) is 2. The molecule has 3 fully saturated rings. The first kappa shape index (κ1) is 15.2. The normalized spacial score (nSPS) is 27.5. The molecule has 2 atom stereocenters. The van der Waals surface area contributed by atoms with E-state index in [-0.39, 0.29) is 0 Å². The third-order valence-electron chi connectivity index (χ3n) is 6.18. The van der Waals surface area contributed by atoms with Gasteiger partial charge in [0, 0.05) is 37.0 Å². The molecule has 2 saturated carbocycles. The lowest BCUT2D eigenvalue weighted by Gasteiger charge is -2.17. The predicted octanol–water partition coefficient (Wildman–Crippen LogP) is 3.69. The van der Waals surface area contributed by atoms with Crippen molar-refractivity contribution in [1.82, 2.24) is 20.2 Å². The fourth-order valence-electron chi connectivity index (χ4n) is 4.32. The third kappa shape index (κ3) is 2.98. The molecule has 0 amide bonds. The SMILES string of the molecule is CC1(C)C[C@H]1C1CCN(c2nccc(Nc3cc(C4CC4)[nH]n3)n2)C1. The van der Waals surface area contributed by atoms with Gasteiger partial charge in [-0.1, -0.05) is 13.8 Å². The van der Waals surface area contributed by atoms with Crippen LogP contribution in [-0.4, -0.2) is 33.3 Å². The second-order valence-electron chi connectivity index (χ2n) is 8.64. The minimum atomic E-state index is 0.546. The van der Waals surface area contributed by atoms with Crippen LogP contribution in [-0.2, 0) is 0 Å². The lowest BCUT2D eigenvalue weighted by atomic mass is 9.97. The van der Waals surface area contributed by atoms with Crippen LogP contribution in [0.4, 0.5) is 17.6 Å². The molecule has 1 aliphatic heterocycles. The highest BCUT2D eigenvalue weighted by atomic mass is 15.3. The molecule has 5 rings (SSSR count). The number of H-pyrrole nitrogens is 1. The van der Waals surface area contributed by atoms with Crippen molar-refractivity contribution < 1.29 is 0 Å². The van der Waals surface area contributed by atoms with Crippen molar-refractivity contribution in [2.45, 2.75) is 45.4 Å². The van der Waals surface area contributed by atoms with Crippen LogP contribution in [0.3, 0.4) is 0 Å². The molecule has 2 aliphatic carbocycles. The van der Waals surface area contributed by atoms with Gasteiger partial charge >= 0.3 is 0 Å². The first-order chi connectivity index (χ1) is 12.1. The van der Waals surface area contributed by atoms with Crippen LogP contribution in [0.15, 0.2) is 18.3 Å². The Bertz CT molecular complexity index is 778. The van der Waals surface area contributed by atoms with Crippen molar-refractivity contribution in [3.63, 3.8) is 0 Å². The van der Waals surface area contributed by atoms with Gasteiger partial charge in [0.15, 0.2) is 5.82 Å². The van der Waals surface area contributed by atoms with Gasteiger partial charge in [0.2, 0.25) is 5.95 Å². The molecule has 6 nitrogen and oxygen atoms in total. The Kier molecular flexibility index (Phi) is 3.30. The summed E-state index contributed by atoms with van der Waals surface area (Å²) in [5.41, 5.74) is 1.77. The maximum absolute atomic E-state index is 4.72. The summed E-state index contributed by atoms with van der Waals surface area (Å²) in [5.74, 6) is 4.84. The van der Waals surface area contributed by atoms with Gasteiger partial charge < -0.3 is 10.2 Å². The number of anilines is 3. The van der Waals surface area contributed by atoms with E-state index in [0.717, 1.165) is 42.5 Å². The summed E-state index contributed by atoms with van der Waals surface area (Å²) in [7, 11) is 0. The van der Waals surface area contributed by atoms with Crippen LogP contribution in [0.2, 0.25) is 0 Å². The molecule has 25 heavy (non-hydrogen) atoms. The quantitative estimate of drug-likeness (QED) is 0.870. The Morgan fingerprint density at radius 1 is 1.24 bits per heavy atom. The van der Waals surface area contributed by atoms with Crippen molar-refractivity contribution in [1.29, 1.82) is 0 Å². The number of hydrogen-bond donors (Lipinski definition) is 2. The fraction of sp³-hybridized carbons (Fsp3) is 0.632. The molecule has 0 aromatic carbocycles. The first-order valence-corrected chi connectivity index (χ1v) is 9.49. The first-order valence-electron chi connectivity index (χ1n) is 9.49. The van der Waals surface area contributed by atoms with Crippen molar-refractivity contribution in [3.8, 4) is 0 Å². The molecule has 1 saturated heterocycles. The van der Waals surface area contributed by atoms with Crippen LogP contribution >= 0.6 is 0 Å². The van der Waals surface area contributed by atoms with Crippen LogP contribution in [0, 0.1) is 17.3 Å². The van der Waals surface area contributed by atoms with E-state index in [1.807, 2.05) is 12.3 Å². The highest BCUT2D eigenvalue weighted by Gasteiger charge is 2.51. The molecule has 3 heterocycles. The van der Waals surface area contributed by atoms with E-state index in [1.54, 1.807) is 0 Å². The zero-order chi connectivity index (χ0) is 17.0. The molecule has 0 bridgehead atoms. The van der Waals surface area contributed by atoms with E-state index in [9.17, 15) is 0 Å². The van der Waals surface area contributed by atoms with Crippen LogP contribution < -0.4 is 10.2 Å². The minimum absolute atomic E-state index is 0.546. The van der Waals surface area contributed by atoms with E-state index in [0.29, 0.717) is 11.3 Å². The molecule has 1 unspecified atom stereocenters. The third-order valence-corrected chi connectivity index (χ3v) is 6.18. The number of aromatic nitrogens is 4. The second kappa shape index (κ2) is 5.44. The molecule has 0 radical (unpaired) electrons. The molecule has 3 aliphatic rings. The maximum atomic E-state index is 4.72. The standard InChI is InChI=1S/C19H26N6/c1-19(2)10-14(19)13-6-8-25(11-13)18-20-7-5-16(22-18)21-17-9-15(23-24-17)12-3-4-12/h5,7,9,12-14H,3-4,6,8,10-11H2,1-2H3,(H2,20,21,22,23,24)/t13?,14-/m0/s1. The largest absolute Gasteiger partial charge is 0.340 e. The minimum Gasteiger partial charge on any atom is -0.340 e. The summed E-state index contributed by atoms with van der Waals surface area (Å²) in [5, 5.41) is 10.8. The Morgan fingerprint density at radius 3 is 2.84 bits per heavy atom. The molecule has 0 spiro atoms. The molecule has 132 valence electrons. The molecular weight excluding hydrogens is 312 g/mol. The van der Waals surface area contributed by atoms with Crippen LogP contribution in [0.5, 0.6) is 0 Å². The summed E-state index contributed by atoms with van der Waals surface area (Å²) < 4.78 is 0. The highest BCUT2D eigenvalue weighted by Crippen LogP contribution is 2.57. The van der Waals surface area contributed by atoms with E-state index < -0.39 is 0 Å². The predicted molar refractivity (Wildman–Crippen MR) is 98.1 cm³/mol. The summed E-state index contributed by atoms with van der Waals surface area (Å²) in [6.45, 7) is 6.93. The number of hydrogen-bond acceptors (Lipinski definition) is 5. The zero-order valence-electron chi connectivity index (χ0n) is 15.0. The van der Waals surface area contributed by atoms with E-state index in [1.165, 1.54) is 31.4 Å². The molecule has 2 aromatic heterocycles. The van der Waals surface area contributed by atoms with Gasteiger partial charge in [0.05, 0.1) is 0 Å². The average Bonchev–Trinajstić information content (AvgIpc) is 3.41. The van der Waals surface area contributed by atoms with E-state index in [4.69, 9.17) is 4.98 Å². The lowest BCUT2D eigenvalue weighted by molar-refractivity contribution is 0.424. The van der Waals surface area contributed by atoms with Crippen molar-refractivity contribution in [2.24, 2.45) is 17.3 Å². The molecule has 2 N–H and O–H groups in total. The molecule has 2 aromatic rings.